The molecular weight excluding hydrogens is 371 g/mol. The first-order valence-corrected chi connectivity index (χ1v) is 8.56. The minimum atomic E-state index is -1.08. The van der Waals surface area contributed by atoms with Crippen LogP contribution in [-0.4, -0.2) is 15.6 Å². The number of aromatic carboxylic acids is 1. The summed E-state index contributed by atoms with van der Waals surface area (Å²) in [4.78, 5) is 11.9. The number of para-hydroxylation sites is 1. The number of benzene rings is 2. The molecule has 0 bridgehead atoms. The van der Waals surface area contributed by atoms with E-state index >= 15 is 0 Å². The van der Waals surface area contributed by atoms with Gasteiger partial charge in [-0.05, 0) is 36.8 Å². The van der Waals surface area contributed by atoms with E-state index in [4.69, 9.17) is 23.2 Å². The van der Waals surface area contributed by atoms with Crippen LogP contribution in [-0.2, 0) is 6.42 Å². The smallest absolute Gasteiger partial charge is 0.337 e. The van der Waals surface area contributed by atoms with Gasteiger partial charge in [0.25, 0.3) is 0 Å². The van der Waals surface area contributed by atoms with E-state index in [1.54, 1.807) is 47.9 Å². The van der Waals surface area contributed by atoms with Crippen LogP contribution >= 0.6 is 23.2 Å². The summed E-state index contributed by atoms with van der Waals surface area (Å²) >= 11 is 12.4. The van der Waals surface area contributed by atoms with Gasteiger partial charge in [-0.2, -0.15) is 5.26 Å². The van der Waals surface area contributed by atoms with Crippen molar-refractivity contribution in [2.24, 2.45) is 0 Å². The van der Waals surface area contributed by atoms with E-state index in [1.165, 1.54) is 0 Å². The molecule has 0 amide bonds. The molecule has 0 unspecified atom stereocenters. The second-order valence-electron chi connectivity index (χ2n) is 5.72. The minimum absolute atomic E-state index is 0.0299. The number of hydrogen-bond acceptors (Lipinski definition) is 2. The average molecular weight is 385 g/mol. The van der Waals surface area contributed by atoms with Crippen molar-refractivity contribution in [2.75, 3.05) is 0 Å². The fraction of sp³-hybridized carbons (Fsp3) is 0.100. The topological polar surface area (TPSA) is 66.0 Å². The number of carbonyl (C=O) groups is 1. The van der Waals surface area contributed by atoms with Crippen LogP contribution in [0.5, 0.6) is 0 Å². The van der Waals surface area contributed by atoms with Gasteiger partial charge in [-0.1, -0.05) is 47.5 Å². The first-order valence-electron chi connectivity index (χ1n) is 7.81. The molecule has 0 radical (unpaired) electrons. The Kier molecular flexibility index (Phi) is 5.03. The first kappa shape index (κ1) is 18.1. The second-order valence-corrected chi connectivity index (χ2v) is 6.56. The van der Waals surface area contributed by atoms with E-state index in [1.807, 2.05) is 12.1 Å². The summed E-state index contributed by atoms with van der Waals surface area (Å²) in [6.45, 7) is 1.72. The molecule has 26 heavy (non-hydrogen) atoms. The summed E-state index contributed by atoms with van der Waals surface area (Å²) in [5.41, 5.74) is 3.14. The van der Waals surface area contributed by atoms with Gasteiger partial charge in [0.2, 0.25) is 0 Å². The number of halogens is 2. The van der Waals surface area contributed by atoms with Crippen molar-refractivity contribution in [3.8, 4) is 23.0 Å². The fourth-order valence-corrected chi connectivity index (χ4v) is 3.48. The molecule has 0 saturated heterocycles. The highest BCUT2D eigenvalue weighted by Crippen LogP contribution is 2.37. The maximum Gasteiger partial charge on any atom is 0.337 e. The Bertz CT molecular complexity index is 1030. The van der Waals surface area contributed by atoms with Gasteiger partial charge >= 0.3 is 5.97 Å². The van der Waals surface area contributed by atoms with Crippen molar-refractivity contribution in [3.05, 3.63) is 75.4 Å². The van der Waals surface area contributed by atoms with Gasteiger partial charge in [0, 0.05) is 16.3 Å². The van der Waals surface area contributed by atoms with Crippen molar-refractivity contribution < 1.29 is 9.90 Å². The summed E-state index contributed by atoms with van der Waals surface area (Å²) in [6.07, 6.45) is -0.0299. The average Bonchev–Trinajstić information content (AvgIpc) is 2.89. The van der Waals surface area contributed by atoms with Crippen LogP contribution in [0.1, 0.15) is 21.6 Å². The van der Waals surface area contributed by atoms with Crippen LogP contribution < -0.4 is 0 Å². The number of nitriles is 1. The third-order valence-electron chi connectivity index (χ3n) is 4.19. The Morgan fingerprint density at radius 1 is 1.15 bits per heavy atom. The lowest BCUT2D eigenvalue weighted by Gasteiger charge is -2.14. The number of aromatic nitrogens is 1. The molecule has 0 aliphatic carbocycles. The number of nitrogens with zero attached hydrogens (tertiary/aromatic N) is 2. The molecule has 130 valence electrons. The molecule has 2 aromatic carbocycles. The summed E-state index contributed by atoms with van der Waals surface area (Å²) in [5, 5.41) is 20.1. The van der Waals surface area contributed by atoms with Crippen molar-refractivity contribution in [3.63, 3.8) is 0 Å². The summed E-state index contributed by atoms with van der Waals surface area (Å²) in [6, 6.07) is 16.3. The third-order valence-corrected chi connectivity index (χ3v) is 4.76. The molecule has 0 aliphatic heterocycles. The number of carboxylic acids is 1. The molecular formula is C20H14Cl2N2O2. The molecule has 1 heterocycles. The zero-order valence-corrected chi connectivity index (χ0v) is 15.3. The summed E-state index contributed by atoms with van der Waals surface area (Å²) in [7, 11) is 0. The normalized spacial score (nSPS) is 10.5. The van der Waals surface area contributed by atoms with Crippen molar-refractivity contribution in [2.45, 2.75) is 13.3 Å². The molecule has 0 saturated carbocycles. The van der Waals surface area contributed by atoms with Crippen LogP contribution in [0.15, 0.2) is 48.5 Å². The van der Waals surface area contributed by atoms with E-state index in [9.17, 15) is 15.2 Å². The van der Waals surface area contributed by atoms with E-state index in [-0.39, 0.29) is 12.0 Å². The lowest BCUT2D eigenvalue weighted by Crippen LogP contribution is -2.03. The van der Waals surface area contributed by atoms with Crippen molar-refractivity contribution in [1.82, 2.24) is 4.57 Å². The fourth-order valence-electron chi connectivity index (χ4n) is 3.13. The van der Waals surface area contributed by atoms with E-state index in [2.05, 4.69) is 6.07 Å². The highest BCUT2D eigenvalue weighted by molar-refractivity contribution is 6.32. The first-order chi connectivity index (χ1) is 12.5. The van der Waals surface area contributed by atoms with Crippen LogP contribution in [0.3, 0.4) is 0 Å². The molecule has 0 atom stereocenters. The Labute approximate surface area is 160 Å². The predicted octanol–water partition coefficient (Wildman–Crippen LogP) is 5.52. The lowest BCUT2D eigenvalue weighted by atomic mass is 10.0. The molecule has 3 aromatic rings. The van der Waals surface area contributed by atoms with Gasteiger partial charge in [0.05, 0.1) is 34.5 Å². The Morgan fingerprint density at radius 3 is 2.38 bits per heavy atom. The maximum absolute atomic E-state index is 11.9. The summed E-state index contributed by atoms with van der Waals surface area (Å²) in [5.74, 6) is -1.08. The molecule has 4 nitrogen and oxygen atoms in total. The molecule has 0 fully saturated rings. The van der Waals surface area contributed by atoms with Gasteiger partial charge in [-0.25, -0.2) is 4.79 Å². The molecule has 1 aromatic heterocycles. The predicted molar refractivity (Wildman–Crippen MR) is 102 cm³/mol. The van der Waals surface area contributed by atoms with Crippen molar-refractivity contribution in [1.29, 1.82) is 5.26 Å². The largest absolute Gasteiger partial charge is 0.478 e. The van der Waals surface area contributed by atoms with Gasteiger partial charge in [-0.3, -0.25) is 0 Å². The van der Waals surface area contributed by atoms with Crippen molar-refractivity contribution >= 4 is 29.2 Å². The third kappa shape index (κ3) is 3.08. The number of carboxylic acid groups (broad SMARTS) is 1. The monoisotopic (exact) mass is 384 g/mol. The van der Waals surface area contributed by atoms with Crippen LogP contribution in [0.25, 0.3) is 16.9 Å². The molecule has 6 heteroatoms. The number of hydrogen-bond donors (Lipinski definition) is 1. The highest BCUT2D eigenvalue weighted by Gasteiger charge is 2.27. The van der Waals surface area contributed by atoms with Gasteiger partial charge in [0.15, 0.2) is 0 Å². The zero-order valence-electron chi connectivity index (χ0n) is 13.8. The quantitative estimate of drug-likeness (QED) is 0.643. The number of rotatable bonds is 4. The summed E-state index contributed by atoms with van der Waals surface area (Å²) < 4.78 is 1.79. The van der Waals surface area contributed by atoms with Gasteiger partial charge in [-0.15, -0.1) is 0 Å². The van der Waals surface area contributed by atoms with Gasteiger partial charge < -0.3 is 9.67 Å². The SMILES string of the molecule is Cc1c(C(=O)O)c(CC#N)c(-c2ccc(Cl)cc2)n1-c1ccccc1Cl. The molecule has 0 aliphatic rings. The maximum atomic E-state index is 11.9. The Morgan fingerprint density at radius 2 is 1.81 bits per heavy atom. The molecule has 1 N–H and O–H groups in total. The Hall–Kier alpha value is -2.74. The van der Waals surface area contributed by atoms with Crippen LogP contribution in [0.4, 0.5) is 0 Å². The van der Waals surface area contributed by atoms with Crippen LogP contribution in [0, 0.1) is 18.3 Å². The standard InChI is InChI=1S/C20H14Cl2N2O2/c1-12-18(20(25)26)15(10-11-23)19(13-6-8-14(21)9-7-13)24(12)17-5-3-2-4-16(17)22/h2-9H,10H2,1H3,(H,25,26). The van der Waals surface area contributed by atoms with E-state index < -0.39 is 5.97 Å². The lowest BCUT2D eigenvalue weighted by molar-refractivity contribution is 0.0695. The van der Waals surface area contributed by atoms with E-state index in [0.29, 0.717) is 32.7 Å². The second kappa shape index (κ2) is 7.25. The van der Waals surface area contributed by atoms with Gasteiger partial charge in [0.1, 0.15) is 0 Å². The van der Waals surface area contributed by atoms with E-state index in [0.717, 1.165) is 5.56 Å². The molecule has 0 spiro atoms. The van der Waals surface area contributed by atoms with Crippen LogP contribution in [0.2, 0.25) is 10.0 Å². The minimum Gasteiger partial charge on any atom is -0.478 e. The zero-order chi connectivity index (χ0) is 18.8. The molecule has 3 rings (SSSR count). The highest BCUT2D eigenvalue weighted by atomic mass is 35.5. The Balaban J connectivity index is 2.44.